The summed E-state index contributed by atoms with van der Waals surface area (Å²) >= 11 is 0. The molecule has 9 N–H and O–H groups in total. The molecule has 0 aliphatic rings. The summed E-state index contributed by atoms with van der Waals surface area (Å²) in [6, 6.07) is -5.99. The van der Waals surface area contributed by atoms with E-state index in [9.17, 15) is 38.7 Å². The maximum Gasteiger partial charge on any atom is 0.326 e. The molecular weight excluding hydrogens is 472 g/mol. The Hall–Kier alpha value is -3.75. The van der Waals surface area contributed by atoms with E-state index in [0.717, 1.165) is 0 Å². The van der Waals surface area contributed by atoms with E-state index in [4.69, 9.17) is 21.1 Å². The number of carboxylic acid groups (broad SMARTS) is 4. The van der Waals surface area contributed by atoms with Gasteiger partial charge in [0.15, 0.2) is 0 Å². The van der Waals surface area contributed by atoms with Crippen LogP contribution in [0.15, 0.2) is 0 Å². The Balaban J connectivity index is 5.62. The third kappa shape index (κ3) is 12.3. The number of carboxylic acids is 4. The summed E-state index contributed by atoms with van der Waals surface area (Å²) in [5, 5.41) is 42.5. The van der Waals surface area contributed by atoms with Crippen LogP contribution >= 0.6 is 0 Å². The number of nitrogens with two attached hydrogens (primary N) is 1. The zero-order chi connectivity index (χ0) is 27.3. The first-order valence-electron chi connectivity index (χ1n) is 10.7. The van der Waals surface area contributed by atoms with Crippen LogP contribution in [-0.2, 0) is 33.6 Å². The van der Waals surface area contributed by atoms with Crippen LogP contribution in [-0.4, -0.2) is 86.2 Å². The van der Waals surface area contributed by atoms with Crippen molar-refractivity contribution in [2.45, 2.75) is 76.5 Å². The summed E-state index contributed by atoms with van der Waals surface area (Å²) in [5.74, 6) is -9.06. The molecule has 0 aliphatic heterocycles. The molecule has 35 heavy (non-hydrogen) atoms. The van der Waals surface area contributed by atoms with Gasteiger partial charge in [-0.15, -0.1) is 0 Å². The van der Waals surface area contributed by atoms with Gasteiger partial charge in [0.05, 0.1) is 12.5 Å². The number of carbonyl (C=O) groups excluding carboxylic acids is 3. The average Bonchev–Trinajstić information content (AvgIpc) is 2.76. The van der Waals surface area contributed by atoms with E-state index in [1.807, 2.05) is 0 Å². The van der Waals surface area contributed by atoms with Gasteiger partial charge in [-0.25, -0.2) is 4.79 Å². The highest BCUT2D eigenvalue weighted by atomic mass is 16.4. The van der Waals surface area contributed by atoms with Crippen LogP contribution in [0.5, 0.6) is 0 Å². The molecule has 5 atom stereocenters. The van der Waals surface area contributed by atoms with Gasteiger partial charge in [-0.1, -0.05) is 20.3 Å². The van der Waals surface area contributed by atoms with Gasteiger partial charge >= 0.3 is 23.9 Å². The molecule has 0 aliphatic carbocycles. The van der Waals surface area contributed by atoms with Crippen LogP contribution in [0.25, 0.3) is 0 Å². The number of hydrogen-bond acceptors (Lipinski definition) is 8. The number of aliphatic carboxylic acids is 4. The molecule has 0 radical (unpaired) electrons. The summed E-state index contributed by atoms with van der Waals surface area (Å²) in [4.78, 5) is 81.9. The zero-order valence-corrected chi connectivity index (χ0v) is 19.4. The van der Waals surface area contributed by atoms with E-state index in [1.54, 1.807) is 13.8 Å². The van der Waals surface area contributed by atoms with Gasteiger partial charge in [0.2, 0.25) is 17.7 Å². The van der Waals surface area contributed by atoms with Crippen molar-refractivity contribution < 1.29 is 54.0 Å². The summed E-state index contributed by atoms with van der Waals surface area (Å²) in [6.45, 7) is 3.26. The highest BCUT2D eigenvalue weighted by Gasteiger charge is 2.33. The quantitative estimate of drug-likeness (QED) is 0.108. The first-order chi connectivity index (χ1) is 16.2. The van der Waals surface area contributed by atoms with Crippen LogP contribution in [0.2, 0.25) is 0 Å². The number of hydrogen-bond donors (Lipinski definition) is 8. The number of nitrogens with one attached hydrogen (secondary N) is 3. The van der Waals surface area contributed by atoms with Crippen LogP contribution < -0.4 is 21.7 Å². The van der Waals surface area contributed by atoms with Crippen molar-refractivity contribution in [1.82, 2.24) is 16.0 Å². The minimum absolute atomic E-state index is 0.293. The molecule has 0 heterocycles. The molecule has 0 rings (SSSR count). The average molecular weight is 504 g/mol. The highest BCUT2D eigenvalue weighted by molar-refractivity contribution is 5.95. The molecule has 0 unspecified atom stereocenters. The molecule has 15 heteroatoms. The Morgan fingerprint density at radius 1 is 0.714 bits per heavy atom. The molecule has 0 aromatic rings. The molecule has 0 spiro atoms. The van der Waals surface area contributed by atoms with Crippen LogP contribution in [0.1, 0.15) is 52.4 Å². The fourth-order valence-corrected chi connectivity index (χ4v) is 2.82. The Labute approximate surface area is 200 Å². The summed E-state index contributed by atoms with van der Waals surface area (Å²) < 4.78 is 0. The molecule has 3 amide bonds. The lowest BCUT2D eigenvalue weighted by atomic mass is 9.98. The van der Waals surface area contributed by atoms with E-state index in [-0.39, 0.29) is 6.42 Å². The molecule has 0 bridgehead atoms. The van der Waals surface area contributed by atoms with Gasteiger partial charge in [0.1, 0.15) is 18.1 Å². The van der Waals surface area contributed by atoms with Crippen molar-refractivity contribution in [3.63, 3.8) is 0 Å². The van der Waals surface area contributed by atoms with Crippen molar-refractivity contribution in [2.24, 2.45) is 11.7 Å². The first kappa shape index (κ1) is 31.2. The molecule has 0 saturated heterocycles. The Kier molecular flexibility index (Phi) is 13.6. The fraction of sp³-hybridized carbons (Fsp3) is 0.650. The van der Waals surface area contributed by atoms with Crippen molar-refractivity contribution in [1.29, 1.82) is 0 Å². The second-order valence-corrected chi connectivity index (χ2v) is 7.90. The summed E-state index contributed by atoms with van der Waals surface area (Å²) in [5.41, 5.74) is 5.56. The van der Waals surface area contributed by atoms with Crippen LogP contribution in [0.3, 0.4) is 0 Å². The molecule has 15 nitrogen and oxygen atoms in total. The molecular formula is C20H32N4O11. The summed E-state index contributed by atoms with van der Waals surface area (Å²) in [7, 11) is 0. The van der Waals surface area contributed by atoms with E-state index in [2.05, 4.69) is 16.0 Å². The topological polar surface area (TPSA) is 263 Å². The van der Waals surface area contributed by atoms with E-state index in [1.165, 1.54) is 0 Å². The number of amides is 3. The van der Waals surface area contributed by atoms with Gasteiger partial charge in [0, 0.05) is 12.8 Å². The first-order valence-corrected chi connectivity index (χ1v) is 10.7. The second-order valence-electron chi connectivity index (χ2n) is 7.90. The predicted molar refractivity (Wildman–Crippen MR) is 117 cm³/mol. The maximum atomic E-state index is 12.7. The van der Waals surface area contributed by atoms with E-state index < -0.39 is 97.4 Å². The lowest BCUT2D eigenvalue weighted by Crippen LogP contribution is -2.58. The lowest BCUT2D eigenvalue weighted by molar-refractivity contribution is -0.145. The standard InChI is InChI=1S/C20H32N4O11/c1-3-9(2)16(20(34)35)24-18(32)11(5-7-14(27)28)22-19(33)12(8-15(29)30)23-17(31)10(21)4-6-13(25)26/h9-12,16H,3-8,21H2,1-2H3,(H,22,33)(H,23,31)(H,24,32)(H,25,26)(H,27,28)(H,29,30)(H,34,35)/t9-,10-,11-,12-,16-/m0/s1. The summed E-state index contributed by atoms with van der Waals surface area (Å²) in [6.07, 6.45) is -2.33. The Morgan fingerprint density at radius 3 is 1.66 bits per heavy atom. The Bertz CT molecular complexity index is 817. The molecule has 0 saturated carbocycles. The normalized spacial score (nSPS) is 14.9. The van der Waals surface area contributed by atoms with Gasteiger partial charge in [-0.3, -0.25) is 28.8 Å². The van der Waals surface area contributed by atoms with Crippen molar-refractivity contribution in [2.75, 3.05) is 0 Å². The lowest BCUT2D eigenvalue weighted by Gasteiger charge is -2.26. The minimum atomic E-state index is -1.74. The third-order valence-electron chi connectivity index (χ3n) is 5.07. The number of carbonyl (C=O) groups is 7. The smallest absolute Gasteiger partial charge is 0.326 e. The highest BCUT2D eigenvalue weighted by Crippen LogP contribution is 2.10. The minimum Gasteiger partial charge on any atom is -0.481 e. The van der Waals surface area contributed by atoms with Crippen molar-refractivity contribution >= 4 is 41.6 Å². The molecule has 0 fully saturated rings. The SMILES string of the molecule is CC[C@H](C)[C@H](NC(=O)[C@H](CCC(=O)O)NC(=O)[C@H](CC(=O)O)NC(=O)[C@@H](N)CCC(=O)O)C(=O)O. The fourth-order valence-electron chi connectivity index (χ4n) is 2.82. The van der Waals surface area contributed by atoms with Gasteiger partial charge < -0.3 is 42.1 Å². The van der Waals surface area contributed by atoms with Crippen molar-refractivity contribution in [3.8, 4) is 0 Å². The van der Waals surface area contributed by atoms with E-state index in [0.29, 0.717) is 6.42 Å². The molecule has 198 valence electrons. The second kappa shape index (κ2) is 15.2. The van der Waals surface area contributed by atoms with Gasteiger partial charge in [0.25, 0.3) is 0 Å². The van der Waals surface area contributed by atoms with Crippen molar-refractivity contribution in [3.05, 3.63) is 0 Å². The Morgan fingerprint density at radius 2 is 1.20 bits per heavy atom. The number of rotatable bonds is 17. The predicted octanol–water partition coefficient (Wildman–Crippen LogP) is -1.90. The monoisotopic (exact) mass is 504 g/mol. The molecule has 0 aromatic heterocycles. The van der Waals surface area contributed by atoms with Gasteiger partial charge in [-0.05, 0) is 18.8 Å². The maximum absolute atomic E-state index is 12.7. The third-order valence-corrected chi connectivity index (χ3v) is 5.07. The zero-order valence-electron chi connectivity index (χ0n) is 19.4. The van der Waals surface area contributed by atoms with Gasteiger partial charge in [-0.2, -0.15) is 0 Å². The van der Waals surface area contributed by atoms with Crippen LogP contribution in [0, 0.1) is 5.92 Å². The largest absolute Gasteiger partial charge is 0.481 e. The van der Waals surface area contributed by atoms with E-state index >= 15 is 0 Å². The molecule has 0 aromatic carbocycles. The van der Waals surface area contributed by atoms with Crippen LogP contribution in [0.4, 0.5) is 0 Å².